The van der Waals surface area contributed by atoms with Crippen LogP contribution in [0.3, 0.4) is 0 Å². The number of aldehydes is 2. The van der Waals surface area contributed by atoms with Crippen molar-refractivity contribution < 1.29 is 14.3 Å². The van der Waals surface area contributed by atoms with Gasteiger partial charge in [-0.1, -0.05) is 13.3 Å². The van der Waals surface area contributed by atoms with Gasteiger partial charge in [0.25, 0.3) is 0 Å². The fourth-order valence-electron chi connectivity index (χ4n) is 1.19. The zero-order chi connectivity index (χ0) is 11.1. The summed E-state index contributed by atoms with van der Waals surface area (Å²) in [5.41, 5.74) is 0.770. The summed E-state index contributed by atoms with van der Waals surface area (Å²) in [6.45, 7) is 2.71. The molecule has 15 heavy (non-hydrogen) atoms. The highest BCUT2D eigenvalue weighted by Gasteiger charge is 2.02. The molecule has 0 amide bonds. The summed E-state index contributed by atoms with van der Waals surface area (Å²) in [6, 6.07) is 4.89. The van der Waals surface area contributed by atoms with Gasteiger partial charge in [0.1, 0.15) is 5.75 Å². The lowest BCUT2D eigenvalue weighted by molar-refractivity contribution is 0.109. The van der Waals surface area contributed by atoms with Crippen LogP contribution < -0.4 is 4.74 Å². The van der Waals surface area contributed by atoms with Crippen LogP contribution in [-0.4, -0.2) is 19.2 Å². The van der Waals surface area contributed by atoms with E-state index in [1.165, 1.54) is 0 Å². The SMILES string of the molecule is CCCCOc1ccc(C=O)c(C=O)c1. The predicted molar refractivity (Wildman–Crippen MR) is 57.6 cm³/mol. The smallest absolute Gasteiger partial charge is 0.150 e. The first-order valence-electron chi connectivity index (χ1n) is 4.99. The topological polar surface area (TPSA) is 43.4 Å². The molecule has 0 heterocycles. The first-order chi connectivity index (χ1) is 7.31. The monoisotopic (exact) mass is 206 g/mol. The van der Waals surface area contributed by atoms with Crippen molar-refractivity contribution in [2.45, 2.75) is 19.8 Å². The van der Waals surface area contributed by atoms with Gasteiger partial charge in [-0.25, -0.2) is 0 Å². The van der Waals surface area contributed by atoms with E-state index in [1.54, 1.807) is 18.2 Å². The van der Waals surface area contributed by atoms with E-state index < -0.39 is 0 Å². The van der Waals surface area contributed by atoms with Crippen molar-refractivity contribution in [1.29, 1.82) is 0 Å². The molecule has 0 atom stereocenters. The maximum atomic E-state index is 10.7. The molecule has 0 N–H and O–H groups in total. The van der Waals surface area contributed by atoms with Crippen molar-refractivity contribution in [2.24, 2.45) is 0 Å². The van der Waals surface area contributed by atoms with Crippen molar-refractivity contribution in [3.63, 3.8) is 0 Å². The molecule has 0 saturated heterocycles. The molecule has 1 aromatic rings. The summed E-state index contributed by atoms with van der Waals surface area (Å²) >= 11 is 0. The molecule has 1 aromatic carbocycles. The van der Waals surface area contributed by atoms with Gasteiger partial charge in [0.2, 0.25) is 0 Å². The third kappa shape index (κ3) is 3.20. The molecule has 0 saturated carbocycles. The third-order valence-electron chi connectivity index (χ3n) is 2.08. The zero-order valence-corrected chi connectivity index (χ0v) is 8.73. The molecule has 0 aromatic heterocycles. The molecule has 0 aliphatic rings. The van der Waals surface area contributed by atoms with E-state index in [2.05, 4.69) is 6.92 Å². The number of benzene rings is 1. The minimum absolute atomic E-state index is 0.374. The van der Waals surface area contributed by atoms with Crippen LogP contribution in [0.15, 0.2) is 18.2 Å². The van der Waals surface area contributed by atoms with E-state index in [0.29, 0.717) is 36.1 Å². The number of rotatable bonds is 6. The Morgan fingerprint density at radius 3 is 2.53 bits per heavy atom. The van der Waals surface area contributed by atoms with Crippen molar-refractivity contribution in [1.82, 2.24) is 0 Å². The molecular formula is C12H14O3. The fraction of sp³-hybridized carbons (Fsp3) is 0.333. The zero-order valence-electron chi connectivity index (χ0n) is 8.73. The van der Waals surface area contributed by atoms with Crippen LogP contribution in [0.1, 0.15) is 40.5 Å². The summed E-state index contributed by atoms with van der Waals surface area (Å²) in [7, 11) is 0. The van der Waals surface area contributed by atoms with Gasteiger partial charge in [-0.15, -0.1) is 0 Å². The van der Waals surface area contributed by atoms with Crippen LogP contribution in [0.4, 0.5) is 0 Å². The lowest BCUT2D eigenvalue weighted by Crippen LogP contribution is -1.98. The average molecular weight is 206 g/mol. The Morgan fingerprint density at radius 1 is 1.20 bits per heavy atom. The van der Waals surface area contributed by atoms with E-state index in [4.69, 9.17) is 4.74 Å². The van der Waals surface area contributed by atoms with Crippen LogP contribution in [-0.2, 0) is 0 Å². The van der Waals surface area contributed by atoms with Crippen molar-refractivity contribution >= 4 is 12.6 Å². The second-order valence-corrected chi connectivity index (χ2v) is 3.23. The standard InChI is InChI=1S/C12H14O3/c1-2-3-6-15-12-5-4-10(8-13)11(7-12)9-14/h4-5,7-9H,2-3,6H2,1H3. The summed E-state index contributed by atoms with van der Waals surface area (Å²) in [5, 5.41) is 0. The van der Waals surface area contributed by atoms with Crippen molar-refractivity contribution in [3.05, 3.63) is 29.3 Å². The van der Waals surface area contributed by atoms with E-state index in [-0.39, 0.29) is 0 Å². The molecule has 3 nitrogen and oxygen atoms in total. The van der Waals surface area contributed by atoms with E-state index >= 15 is 0 Å². The minimum atomic E-state index is 0.374. The number of carbonyl (C=O) groups is 2. The molecule has 1 rings (SSSR count). The predicted octanol–water partition coefficient (Wildman–Crippen LogP) is 2.49. The molecule has 0 aliphatic heterocycles. The quantitative estimate of drug-likeness (QED) is 0.530. The lowest BCUT2D eigenvalue weighted by Gasteiger charge is -2.06. The van der Waals surface area contributed by atoms with E-state index in [9.17, 15) is 9.59 Å². The normalized spacial score (nSPS) is 9.67. The van der Waals surface area contributed by atoms with Gasteiger partial charge in [0.05, 0.1) is 6.61 Å². The van der Waals surface area contributed by atoms with E-state index in [0.717, 1.165) is 12.8 Å². The maximum Gasteiger partial charge on any atom is 0.150 e. The van der Waals surface area contributed by atoms with Crippen LogP contribution >= 0.6 is 0 Å². The first kappa shape index (κ1) is 11.4. The summed E-state index contributed by atoms with van der Waals surface area (Å²) in [5.74, 6) is 0.635. The maximum absolute atomic E-state index is 10.7. The molecule has 0 spiro atoms. The molecule has 0 fully saturated rings. The molecule has 0 unspecified atom stereocenters. The second kappa shape index (κ2) is 5.96. The molecule has 3 heteroatoms. The van der Waals surface area contributed by atoms with Gasteiger partial charge in [-0.2, -0.15) is 0 Å². The highest BCUT2D eigenvalue weighted by Crippen LogP contribution is 2.15. The molecule has 0 bridgehead atoms. The van der Waals surface area contributed by atoms with Crippen LogP contribution in [0, 0.1) is 0 Å². The number of carbonyl (C=O) groups excluding carboxylic acids is 2. The summed E-state index contributed by atoms with van der Waals surface area (Å²) in [6.07, 6.45) is 3.37. The highest BCUT2D eigenvalue weighted by atomic mass is 16.5. The van der Waals surface area contributed by atoms with Crippen LogP contribution in [0.2, 0.25) is 0 Å². The third-order valence-corrected chi connectivity index (χ3v) is 2.08. The summed E-state index contributed by atoms with van der Waals surface area (Å²) in [4.78, 5) is 21.2. The highest BCUT2D eigenvalue weighted by molar-refractivity contribution is 5.90. The Hall–Kier alpha value is -1.64. The van der Waals surface area contributed by atoms with Gasteiger partial charge in [-0.3, -0.25) is 9.59 Å². The lowest BCUT2D eigenvalue weighted by atomic mass is 10.1. The number of hydrogen-bond donors (Lipinski definition) is 0. The van der Waals surface area contributed by atoms with Gasteiger partial charge >= 0.3 is 0 Å². The molecule has 0 radical (unpaired) electrons. The molecular weight excluding hydrogens is 192 g/mol. The Kier molecular flexibility index (Phi) is 4.54. The van der Waals surface area contributed by atoms with Crippen LogP contribution in [0.5, 0.6) is 5.75 Å². The van der Waals surface area contributed by atoms with Crippen molar-refractivity contribution in [3.8, 4) is 5.75 Å². The van der Waals surface area contributed by atoms with Crippen LogP contribution in [0.25, 0.3) is 0 Å². The second-order valence-electron chi connectivity index (χ2n) is 3.23. The molecule has 80 valence electrons. The molecule has 0 aliphatic carbocycles. The fourth-order valence-corrected chi connectivity index (χ4v) is 1.19. The first-order valence-corrected chi connectivity index (χ1v) is 4.99. The van der Waals surface area contributed by atoms with Crippen molar-refractivity contribution in [2.75, 3.05) is 6.61 Å². The minimum Gasteiger partial charge on any atom is -0.494 e. The largest absolute Gasteiger partial charge is 0.494 e. The number of unbranched alkanes of at least 4 members (excludes halogenated alkanes) is 1. The van der Waals surface area contributed by atoms with E-state index in [1.807, 2.05) is 0 Å². The Labute approximate surface area is 89.1 Å². The average Bonchev–Trinajstić information content (AvgIpc) is 2.29. The number of hydrogen-bond acceptors (Lipinski definition) is 3. The van der Waals surface area contributed by atoms with Gasteiger partial charge in [0, 0.05) is 11.1 Å². The van der Waals surface area contributed by atoms with Gasteiger partial charge in [-0.05, 0) is 24.6 Å². The van der Waals surface area contributed by atoms with Gasteiger partial charge < -0.3 is 4.74 Å². The number of ether oxygens (including phenoxy) is 1. The Bertz CT molecular complexity index is 345. The Balaban J connectivity index is 2.74. The summed E-state index contributed by atoms with van der Waals surface area (Å²) < 4.78 is 5.41. The Morgan fingerprint density at radius 2 is 1.93 bits per heavy atom. The van der Waals surface area contributed by atoms with Gasteiger partial charge in [0.15, 0.2) is 12.6 Å².